The molecule has 0 radical (unpaired) electrons. The van der Waals surface area contributed by atoms with E-state index in [1.165, 1.54) is 0 Å². The summed E-state index contributed by atoms with van der Waals surface area (Å²) in [6.07, 6.45) is 4.03. The van der Waals surface area contributed by atoms with E-state index < -0.39 is 0 Å². The molecule has 0 saturated carbocycles. The van der Waals surface area contributed by atoms with E-state index in [2.05, 4.69) is 39.5 Å². The van der Waals surface area contributed by atoms with Gasteiger partial charge in [-0.2, -0.15) is 0 Å². The van der Waals surface area contributed by atoms with Crippen molar-refractivity contribution in [3.05, 3.63) is 0 Å². The Bertz CT molecular complexity index is 149. The number of aliphatic hydroxyl groups excluding tert-OH is 1. The highest BCUT2D eigenvalue weighted by Gasteiger charge is 2.25. The minimum absolute atomic E-state index is 0.158. The van der Waals surface area contributed by atoms with Gasteiger partial charge in [0.25, 0.3) is 0 Å². The molecule has 2 nitrogen and oxygen atoms in total. The van der Waals surface area contributed by atoms with Crippen molar-refractivity contribution >= 4 is 0 Å². The molecular formula is C13H29NO. The van der Waals surface area contributed by atoms with Gasteiger partial charge in [0.1, 0.15) is 0 Å². The molecule has 0 aliphatic carbocycles. The van der Waals surface area contributed by atoms with Crippen LogP contribution in [0.25, 0.3) is 0 Å². The molecule has 0 aliphatic heterocycles. The fraction of sp³-hybridized carbons (Fsp3) is 1.00. The average molecular weight is 215 g/mol. The van der Waals surface area contributed by atoms with Gasteiger partial charge >= 0.3 is 0 Å². The number of rotatable bonds is 8. The number of hydrogen-bond acceptors (Lipinski definition) is 2. The second-order valence-electron chi connectivity index (χ2n) is 4.42. The molecule has 0 rings (SSSR count). The third-order valence-electron chi connectivity index (χ3n) is 3.39. The molecule has 2 heteroatoms. The summed E-state index contributed by atoms with van der Waals surface area (Å²) in [5.74, 6) is 0. The van der Waals surface area contributed by atoms with Crippen LogP contribution in [-0.2, 0) is 0 Å². The lowest BCUT2D eigenvalue weighted by molar-refractivity contribution is 0.0226. The molecule has 15 heavy (non-hydrogen) atoms. The van der Waals surface area contributed by atoms with Crippen LogP contribution < -0.4 is 0 Å². The maximum Gasteiger partial charge on any atom is 0.0695 e. The minimum atomic E-state index is -0.158. The van der Waals surface area contributed by atoms with Crippen molar-refractivity contribution < 1.29 is 5.11 Å². The van der Waals surface area contributed by atoms with Crippen LogP contribution in [0.3, 0.4) is 0 Å². The van der Waals surface area contributed by atoms with Gasteiger partial charge in [-0.1, -0.05) is 34.1 Å². The first-order valence-electron chi connectivity index (χ1n) is 6.55. The second-order valence-corrected chi connectivity index (χ2v) is 4.42. The van der Waals surface area contributed by atoms with E-state index in [0.29, 0.717) is 12.1 Å². The average Bonchev–Trinajstić information content (AvgIpc) is 2.24. The van der Waals surface area contributed by atoms with Gasteiger partial charge in [-0.05, 0) is 32.7 Å². The van der Waals surface area contributed by atoms with E-state index in [-0.39, 0.29) is 6.10 Å². The van der Waals surface area contributed by atoms with E-state index >= 15 is 0 Å². The van der Waals surface area contributed by atoms with Gasteiger partial charge < -0.3 is 5.11 Å². The maximum atomic E-state index is 10.1. The van der Waals surface area contributed by atoms with Gasteiger partial charge in [-0.15, -0.1) is 0 Å². The fourth-order valence-corrected chi connectivity index (χ4v) is 2.32. The van der Waals surface area contributed by atoms with E-state index in [1.54, 1.807) is 0 Å². The Kier molecular flexibility index (Phi) is 8.07. The Balaban J connectivity index is 4.44. The second kappa shape index (κ2) is 8.12. The molecule has 0 aliphatic rings. The largest absolute Gasteiger partial charge is 0.391 e. The Labute approximate surface area is 95.7 Å². The zero-order chi connectivity index (χ0) is 11.8. The first-order chi connectivity index (χ1) is 7.12. The lowest BCUT2D eigenvalue weighted by Crippen LogP contribution is -2.47. The van der Waals surface area contributed by atoms with E-state index in [9.17, 15) is 5.11 Å². The van der Waals surface area contributed by atoms with Gasteiger partial charge in [0, 0.05) is 12.1 Å². The van der Waals surface area contributed by atoms with Crippen molar-refractivity contribution in [3.63, 3.8) is 0 Å². The quantitative estimate of drug-likeness (QED) is 0.672. The molecular weight excluding hydrogens is 186 g/mol. The highest BCUT2D eigenvalue weighted by atomic mass is 16.3. The zero-order valence-electron chi connectivity index (χ0n) is 11.2. The summed E-state index contributed by atoms with van der Waals surface area (Å²) in [6, 6.07) is 0.913. The summed E-state index contributed by atoms with van der Waals surface area (Å²) < 4.78 is 0. The highest BCUT2D eigenvalue weighted by Crippen LogP contribution is 2.17. The Morgan fingerprint density at radius 1 is 1.07 bits per heavy atom. The number of likely N-dealkylation sites (N-methyl/N-ethyl adjacent to an activating group) is 1. The third-order valence-corrected chi connectivity index (χ3v) is 3.39. The van der Waals surface area contributed by atoms with Gasteiger partial charge in [0.2, 0.25) is 0 Å². The van der Waals surface area contributed by atoms with Crippen LogP contribution in [-0.4, -0.2) is 34.7 Å². The molecule has 3 unspecified atom stereocenters. The van der Waals surface area contributed by atoms with Crippen LogP contribution in [0.4, 0.5) is 0 Å². The molecule has 1 N–H and O–H groups in total. The smallest absolute Gasteiger partial charge is 0.0695 e. The van der Waals surface area contributed by atoms with E-state index in [4.69, 9.17) is 0 Å². The van der Waals surface area contributed by atoms with Gasteiger partial charge in [-0.3, -0.25) is 4.90 Å². The van der Waals surface area contributed by atoms with E-state index in [1.807, 2.05) is 0 Å². The van der Waals surface area contributed by atoms with Crippen LogP contribution in [0.5, 0.6) is 0 Å². The predicted octanol–water partition coefficient (Wildman–Crippen LogP) is 3.05. The molecule has 0 aromatic carbocycles. The maximum absolute atomic E-state index is 10.1. The summed E-state index contributed by atoms with van der Waals surface area (Å²) in [5.41, 5.74) is 0. The van der Waals surface area contributed by atoms with Crippen molar-refractivity contribution in [2.24, 2.45) is 0 Å². The Hall–Kier alpha value is -0.0800. The summed E-state index contributed by atoms with van der Waals surface area (Å²) in [4.78, 5) is 2.44. The normalized spacial score (nSPS) is 17.8. The van der Waals surface area contributed by atoms with Crippen molar-refractivity contribution in [1.82, 2.24) is 4.90 Å². The molecule has 0 saturated heterocycles. The van der Waals surface area contributed by atoms with E-state index in [0.717, 1.165) is 32.2 Å². The molecule has 0 bridgehead atoms. The van der Waals surface area contributed by atoms with Crippen LogP contribution in [0.2, 0.25) is 0 Å². The number of hydrogen-bond donors (Lipinski definition) is 1. The van der Waals surface area contributed by atoms with Gasteiger partial charge in [0.05, 0.1) is 6.10 Å². The number of aliphatic hydroxyl groups is 1. The SMILES string of the molecule is CCCC(O)C(CC)N(CC)C(C)CC. The molecule has 0 aromatic heterocycles. The van der Waals surface area contributed by atoms with Crippen molar-refractivity contribution in [3.8, 4) is 0 Å². The lowest BCUT2D eigenvalue weighted by atomic mass is 10.00. The van der Waals surface area contributed by atoms with Crippen LogP contribution in [0.1, 0.15) is 60.3 Å². The highest BCUT2D eigenvalue weighted by molar-refractivity contribution is 4.80. The molecule has 92 valence electrons. The standard InChI is InChI=1S/C13H29NO/c1-6-10-13(15)12(8-3)14(9-4)11(5)7-2/h11-13,15H,6-10H2,1-5H3. The fourth-order valence-electron chi connectivity index (χ4n) is 2.32. The van der Waals surface area contributed by atoms with Gasteiger partial charge in [0.15, 0.2) is 0 Å². The molecule has 0 heterocycles. The number of nitrogens with zero attached hydrogens (tertiary/aromatic N) is 1. The summed E-state index contributed by atoms with van der Waals surface area (Å²) >= 11 is 0. The van der Waals surface area contributed by atoms with Crippen molar-refractivity contribution in [2.75, 3.05) is 6.54 Å². The van der Waals surface area contributed by atoms with Crippen molar-refractivity contribution in [1.29, 1.82) is 0 Å². The monoisotopic (exact) mass is 215 g/mol. The Morgan fingerprint density at radius 2 is 1.67 bits per heavy atom. The van der Waals surface area contributed by atoms with Crippen molar-refractivity contribution in [2.45, 2.75) is 78.5 Å². The molecule has 0 spiro atoms. The topological polar surface area (TPSA) is 23.5 Å². The first-order valence-corrected chi connectivity index (χ1v) is 6.55. The zero-order valence-corrected chi connectivity index (χ0v) is 11.2. The molecule has 0 aromatic rings. The third kappa shape index (κ3) is 4.52. The Morgan fingerprint density at radius 3 is 2.00 bits per heavy atom. The summed E-state index contributed by atoms with van der Waals surface area (Å²) in [5, 5.41) is 10.1. The van der Waals surface area contributed by atoms with Crippen LogP contribution in [0.15, 0.2) is 0 Å². The van der Waals surface area contributed by atoms with Gasteiger partial charge in [-0.25, -0.2) is 0 Å². The summed E-state index contributed by atoms with van der Waals surface area (Å²) in [7, 11) is 0. The lowest BCUT2D eigenvalue weighted by Gasteiger charge is -2.37. The first kappa shape index (κ1) is 14.9. The predicted molar refractivity (Wildman–Crippen MR) is 67.1 cm³/mol. The molecule has 3 atom stereocenters. The summed E-state index contributed by atoms with van der Waals surface area (Å²) in [6.45, 7) is 12.0. The van der Waals surface area contributed by atoms with Crippen LogP contribution in [0, 0.1) is 0 Å². The molecule has 0 fully saturated rings. The molecule has 0 amide bonds. The minimum Gasteiger partial charge on any atom is -0.391 e. The van der Waals surface area contributed by atoms with Crippen LogP contribution >= 0.6 is 0 Å².